The molecule has 1 heteroatoms. The first-order valence-corrected chi connectivity index (χ1v) is 6.79. The molecule has 0 saturated heterocycles. The van der Waals surface area contributed by atoms with Crippen LogP contribution in [0.5, 0.6) is 0 Å². The summed E-state index contributed by atoms with van der Waals surface area (Å²) in [5.74, 6) is 0. The van der Waals surface area contributed by atoms with E-state index in [1.165, 1.54) is 27.4 Å². The number of fused-ring (bicyclic) bond motifs is 3. The van der Waals surface area contributed by atoms with Crippen LogP contribution in [-0.2, 0) is 6.54 Å². The minimum atomic E-state index is 1.02. The maximum absolute atomic E-state index is 2.38. The number of aromatic nitrogens is 1. The van der Waals surface area contributed by atoms with E-state index < -0.39 is 0 Å². The van der Waals surface area contributed by atoms with E-state index in [1.54, 1.807) is 0 Å². The van der Waals surface area contributed by atoms with Crippen LogP contribution in [0.3, 0.4) is 0 Å². The quantitative estimate of drug-likeness (QED) is 0.553. The number of rotatable bonds is 1. The Morgan fingerprint density at radius 1 is 0.889 bits per heavy atom. The molecule has 18 heavy (non-hydrogen) atoms. The number of nitrogens with zero attached hydrogens (tertiary/aromatic N) is 1. The number of para-hydroxylation sites is 1. The van der Waals surface area contributed by atoms with E-state index >= 15 is 0 Å². The molecule has 0 aliphatic rings. The van der Waals surface area contributed by atoms with Crippen molar-refractivity contribution in [2.24, 2.45) is 0 Å². The second-order valence-electron chi connectivity index (χ2n) is 4.28. The third-order valence-electron chi connectivity index (χ3n) is 3.24. The first-order chi connectivity index (χ1) is 8.81. The Hall–Kier alpha value is -1.76. The maximum Gasteiger partial charge on any atom is 0.0491 e. The van der Waals surface area contributed by atoms with Crippen molar-refractivity contribution >= 4 is 21.8 Å². The minimum absolute atomic E-state index is 1.02. The average molecular weight is 239 g/mol. The van der Waals surface area contributed by atoms with Crippen LogP contribution in [-0.4, -0.2) is 4.57 Å². The number of aryl methyl sites for hydroxylation is 2. The molecule has 1 heterocycles. The summed E-state index contributed by atoms with van der Waals surface area (Å²) < 4.78 is 2.38. The zero-order valence-electron chi connectivity index (χ0n) is 11.7. The van der Waals surface area contributed by atoms with Crippen LogP contribution in [0.15, 0.2) is 42.5 Å². The van der Waals surface area contributed by atoms with Gasteiger partial charge in [-0.3, -0.25) is 0 Å². The Morgan fingerprint density at radius 2 is 1.56 bits per heavy atom. The molecule has 3 aromatic rings. The van der Waals surface area contributed by atoms with E-state index in [0.29, 0.717) is 0 Å². The van der Waals surface area contributed by atoms with Crippen LogP contribution < -0.4 is 0 Å². The molecule has 0 aliphatic heterocycles. The molecule has 2 aromatic carbocycles. The van der Waals surface area contributed by atoms with E-state index in [9.17, 15) is 0 Å². The highest BCUT2D eigenvalue weighted by Gasteiger charge is 2.08. The van der Waals surface area contributed by atoms with Gasteiger partial charge in [0.15, 0.2) is 0 Å². The van der Waals surface area contributed by atoms with Gasteiger partial charge < -0.3 is 4.57 Å². The summed E-state index contributed by atoms with van der Waals surface area (Å²) in [4.78, 5) is 0. The van der Waals surface area contributed by atoms with E-state index in [4.69, 9.17) is 0 Å². The summed E-state index contributed by atoms with van der Waals surface area (Å²) in [6.07, 6.45) is 0. The predicted octanol–water partition coefficient (Wildman–Crippen LogP) is 5.15. The monoisotopic (exact) mass is 239 g/mol. The molecule has 0 fully saturated rings. The van der Waals surface area contributed by atoms with Gasteiger partial charge in [0.2, 0.25) is 0 Å². The third-order valence-corrected chi connectivity index (χ3v) is 3.24. The van der Waals surface area contributed by atoms with Crippen LogP contribution in [0.25, 0.3) is 21.8 Å². The molecule has 0 radical (unpaired) electrons. The first kappa shape index (κ1) is 12.7. The van der Waals surface area contributed by atoms with Crippen molar-refractivity contribution in [3.63, 3.8) is 0 Å². The van der Waals surface area contributed by atoms with Crippen LogP contribution >= 0.6 is 0 Å². The number of hydrogen-bond donors (Lipinski definition) is 0. The van der Waals surface area contributed by atoms with Gasteiger partial charge in [-0.1, -0.05) is 43.7 Å². The lowest BCUT2D eigenvalue weighted by Gasteiger charge is -2.02. The standard InChI is InChI=1S/C15H15N.C2H6/c1-3-16-14-7-5-4-6-12(14)13-10-11(2)8-9-15(13)16;1-2/h4-10H,3H2,1-2H3;1-2H3. The summed E-state index contributed by atoms with van der Waals surface area (Å²) in [6.45, 7) is 9.37. The summed E-state index contributed by atoms with van der Waals surface area (Å²) in [5, 5.41) is 2.74. The van der Waals surface area contributed by atoms with E-state index in [0.717, 1.165) is 6.54 Å². The van der Waals surface area contributed by atoms with E-state index in [-0.39, 0.29) is 0 Å². The molecule has 1 aromatic heterocycles. The second-order valence-corrected chi connectivity index (χ2v) is 4.28. The van der Waals surface area contributed by atoms with Crippen molar-refractivity contribution in [3.8, 4) is 0 Å². The Morgan fingerprint density at radius 3 is 2.28 bits per heavy atom. The summed E-state index contributed by atoms with van der Waals surface area (Å²) >= 11 is 0. The van der Waals surface area contributed by atoms with Crippen molar-refractivity contribution in [2.45, 2.75) is 34.2 Å². The van der Waals surface area contributed by atoms with Crippen LogP contribution in [0.2, 0.25) is 0 Å². The van der Waals surface area contributed by atoms with Gasteiger partial charge in [0.1, 0.15) is 0 Å². The molecule has 0 aliphatic carbocycles. The molecular formula is C17H21N. The Balaban J connectivity index is 0.000000574. The molecular weight excluding hydrogens is 218 g/mol. The normalized spacial score (nSPS) is 10.4. The van der Waals surface area contributed by atoms with Crippen molar-refractivity contribution in [2.75, 3.05) is 0 Å². The smallest absolute Gasteiger partial charge is 0.0491 e. The van der Waals surface area contributed by atoms with E-state index in [2.05, 4.69) is 60.9 Å². The molecule has 0 unspecified atom stereocenters. The molecule has 3 rings (SSSR count). The number of benzene rings is 2. The topological polar surface area (TPSA) is 4.93 Å². The van der Waals surface area contributed by atoms with Crippen molar-refractivity contribution in [1.82, 2.24) is 4.57 Å². The Labute approximate surface area is 109 Å². The second kappa shape index (κ2) is 5.26. The Kier molecular flexibility index (Phi) is 3.71. The van der Waals surface area contributed by atoms with Gasteiger partial charge in [0.25, 0.3) is 0 Å². The molecule has 0 bridgehead atoms. The molecule has 0 atom stereocenters. The molecule has 0 spiro atoms. The highest BCUT2D eigenvalue weighted by Crippen LogP contribution is 2.29. The van der Waals surface area contributed by atoms with Crippen molar-refractivity contribution < 1.29 is 0 Å². The fraction of sp³-hybridized carbons (Fsp3) is 0.294. The van der Waals surface area contributed by atoms with Gasteiger partial charge in [-0.15, -0.1) is 0 Å². The summed E-state index contributed by atoms with van der Waals surface area (Å²) in [7, 11) is 0. The fourth-order valence-electron chi connectivity index (χ4n) is 2.51. The van der Waals surface area contributed by atoms with Gasteiger partial charge >= 0.3 is 0 Å². The van der Waals surface area contributed by atoms with Gasteiger partial charge in [-0.05, 0) is 32.0 Å². The van der Waals surface area contributed by atoms with Crippen molar-refractivity contribution in [3.05, 3.63) is 48.0 Å². The van der Waals surface area contributed by atoms with Crippen molar-refractivity contribution in [1.29, 1.82) is 0 Å². The van der Waals surface area contributed by atoms with Crippen LogP contribution in [0, 0.1) is 6.92 Å². The largest absolute Gasteiger partial charge is 0.341 e. The SMILES string of the molecule is CC.CCn1c2ccccc2c2cc(C)ccc21. The lowest BCUT2D eigenvalue weighted by Crippen LogP contribution is -1.92. The average Bonchev–Trinajstić information content (AvgIpc) is 2.74. The first-order valence-electron chi connectivity index (χ1n) is 6.79. The minimum Gasteiger partial charge on any atom is -0.341 e. The molecule has 0 saturated carbocycles. The molecule has 94 valence electrons. The highest BCUT2D eigenvalue weighted by atomic mass is 15.0. The molecule has 1 nitrogen and oxygen atoms in total. The zero-order chi connectivity index (χ0) is 13.1. The summed E-state index contributed by atoms with van der Waals surface area (Å²) in [6, 6.07) is 15.3. The van der Waals surface area contributed by atoms with Gasteiger partial charge in [0, 0.05) is 28.4 Å². The third kappa shape index (κ3) is 1.90. The Bertz CT molecular complexity index is 662. The van der Waals surface area contributed by atoms with Gasteiger partial charge in [0.05, 0.1) is 0 Å². The van der Waals surface area contributed by atoms with Gasteiger partial charge in [-0.2, -0.15) is 0 Å². The lowest BCUT2D eigenvalue weighted by atomic mass is 10.1. The fourth-order valence-corrected chi connectivity index (χ4v) is 2.51. The highest BCUT2D eigenvalue weighted by molar-refractivity contribution is 6.08. The van der Waals surface area contributed by atoms with Crippen LogP contribution in [0.4, 0.5) is 0 Å². The molecule has 0 amide bonds. The van der Waals surface area contributed by atoms with Crippen LogP contribution in [0.1, 0.15) is 26.3 Å². The maximum atomic E-state index is 2.38. The van der Waals surface area contributed by atoms with E-state index in [1.807, 2.05) is 13.8 Å². The lowest BCUT2D eigenvalue weighted by molar-refractivity contribution is 0.827. The predicted molar refractivity (Wildman–Crippen MR) is 81.2 cm³/mol. The molecule has 0 N–H and O–H groups in total. The zero-order valence-corrected chi connectivity index (χ0v) is 11.7. The summed E-state index contributed by atoms with van der Waals surface area (Å²) in [5.41, 5.74) is 4.01. The number of hydrogen-bond acceptors (Lipinski definition) is 0. The van der Waals surface area contributed by atoms with Gasteiger partial charge in [-0.25, -0.2) is 0 Å².